The summed E-state index contributed by atoms with van der Waals surface area (Å²) in [5.74, 6) is -0.271. The topological polar surface area (TPSA) is 29.5 Å². The summed E-state index contributed by atoms with van der Waals surface area (Å²) >= 11 is 0. The molecule has 3 nitrogen and oxygen atoms in total. The van der Waals surface area contributed by atoms with Crippen molar-refractivity contribution in [3.05, 3.63) is 59.8 Å². The van der Waals surface area contributed by atoms with Crippen LogP contribution in [0.5, 0.6) is 0 Å². The predicted octanol–water partition coefficient (Wildman–Crippen LogP) is 4.05. The molecule has 0 bridgehead atoms. The van der Waals surface area contributed by atoms with Gasteiger partial charge >= 0.3 is 5.97 Å². The molecule has 1 heterocycles. The number of hydrogen-bond donors (Lipinski definition) is 0. The Morgan fingerprint density at radius 1 is 1.23 bits per heavy atom. The zero-order valence-corrected chi connectivity index (χ0v) is 13.1. The second-order valence-electron chi connectivity index (χ2n) is 5.70. The molecule has 1 atom stereocenters. The monoisotopic (exact) mass is 295 g/mol. The van der Waals surface area contributed by atoms with Crippen molar-refractivity contribution in [2.75, 3.05) is 13.7 Å². The van der Waals surface area contributed by atoms with E-state index in [9.17, 15) is 4.79 Å². The average Bonchev–Trinajstić information content (AvgIpc) is 3.01. The first-order valence-electron chi connectivity index (χ1n) is 7.73. The van der Waals surface area contributed by atoms with E-state index in [4.69, 9.17) is 4.74 Å². The van der Waals surface area contributed by atoms with Crippen LogP contribution in [-0.2, 0) is 9.53 Å². The summed E-state index contributed by atoms with van der Waals surface area (Å²) in [6.07, 6.45) is 3.65. The lowest BCUT2D eigenvalue weighted by Crippen LogP contribution is -2.23. The zero-order chi connectivity index (χ0) is 15.5. The molecule has 1 saturated heterocycles. The smallest absolute Gasteiger partial charge is 0.332 e. The zero-order valence-electron chi connectivity index (χ0n) is 13.1. The number of rotatable bonds is 3. The Hall–Kier alpha value is -2.29. The van der Waals surface area contributed by atoms with Gasteiger partial charge < -0.3 is 9.64 Å². The molecule has 3 rings (SSSR count). The Labute approximate surface area is 131 Å². The highest BCUT2D eigenvalue weighted by atomic mass is 16.5. The second-order valence-corrected chi connectivity index (χ2v) is 5.70. The van der Waals surface area contributed by atoms with E-state index < -0.39 is 0 Å². The molecule has 0 radical (unpaired) electrons. The Morgan fingerprint density at radius 2 is 2.00 bits per heavy atom. The van der Waals surface area contributed by atoms with Crippen molar-refractivity contribution < 1.29 is 9.53 Å². The molecule has 22 heavy (non-hydrogen) atoms. The van der Waals surface area contributed by atoms with Crippen LogP contribution < -0.4 is 0 Å². The molecule has 0 aliphatic carbocycles. The van der Waals surface area contributed by atoms with Crippen LogP contribution in [0.4, 0.5) is 0 Å². The van der Waals surface area contributed by atoms with Crippen LogP contribution in [0.2, 0.25) is 0 Å². The summed E-state index contributed by atoms with van der Waals surface area (Å²) in [4.78, 5) is 13.9. The van der Waals surface area contributed by atoms with Gasteiger partial charge in [0, 0.05) is 18.3 Å². The number of likely N-dealkylation sites (tertiary alicyclic amines) is 1. The minimum atomic E-state index is -0.271. The van der Waals surface area contributed by atoms with Crippen LogP contribution in [0.25, 0.3) is 10.8 Å². The van der Waals surface area contributed by atoms with Gasteiger partial charge in [-0.1, -0.05) is 42.5 Å². The van der Waals surface area contributed by atoms with Gasteiger partial charge in [0.15, 0.2) is 0 Å². The fraction of sp³-hybridized carbons (Fsp3) is 0.316. The molecule has 0 spiro atoms. The lowest BCUT2D eigenvalue weighted by molar-refractivity contribution is -0.135. The van der Waals surface area contributed by atoms with Crippen LogP contribution >= 0.6 is 0 Å². The highest BCUT2D eigenvalue weighted by Gasteiger charge is 2.25. The van der Waals surface area contributed by atoms with Crippen LogP contribution in [0.15, 0.2) is 54.2 Å². The van der Waals surface area contributed by atoms with E-state index >= 15 is 0 Å². The molecule has 1 aliphatic heterocycles. The van der Waals surface area contributed by atoms with Crippen molar-refractivity contribution >= 4 is 16.7 Å². The maximum absolute atomic E-state index is 11.6. The molecule has 0 amide bonds. The fourth-order valence-electron chi connectivity index (χ4n) is 3.29. The standard InChI is InChI=1S/C19H21NO2/c1-14(20-12-6-9-16(20)13-19(21)22-2)17-11-5-8-15-7-3-4-10-18(15)17/h3-5,7-8,10-11,13-14H,6,9,12H2,1-2H3/b16-13+/t14-/m0/s1. The molecular weight excluding hydrogens is 274 g/mol. The van der Waals surface area contributed by atoms with Crippen molar-refractivity contribution in [1.82, 2.24) is 4.90 Å². The van der Waals surface area contributed by atoms with Crippen molar-refractivity contribution in [1.29, 1.82) is 0 Å². The Bertz CT molecular complexity index is 715. The van der Waals surface area contributed by atoms with E-state index in [1.54, 1.807) is 6.08 Å². The fourth-order valence-corrected chi connectivity index (χ4v) is 3.29. The van der Waals surface area contributed by atoms with Gasteiger partial charge in [-0.25, -0.2) is 4.79 Å². The molecule has 0 aromatic heterocycles. The first-order chi connectivity index (χ1) is 10.7. The summed E-state index contributed by atoms with van der Waals surface area (Å²) in [5.41, 5.74) is 2.38. The third-order valence-electron chi connectivity index (χ3n) is 4.43. The Kier molecular flexibility index (Phi) is 4.14. The van der Waals surface area contributed by atoms with Gasteiger partial charge in [-0.15, -0.1) is 0 Å². The number of benzene rings is 2. The summed E-state index contributed by atoms with van der Waals surface area (Å²) in [6.45, 7) is 3.19. The maximum Gasteiger partial charge on any atom is 0.332 e. The van der Waals surface area contributed by atoms with Gasteiger partial charge in [-0.2, -0.15) is 0 Å². The van der Waals surface area contributed by atoms with Crippen LogP contribution in [-0.4, -0.2) is 24.5 Å². The van der Waals surface area contributed by atoms with Gasteiger partial charge in [-0.3, -0.25) is 0 Å². The number of ether oxygens (including phenoxy) is 1. The number of esters is 1. The molecule has 1 fully saturated rings. The van der Waals surface area contributed by atoms with Gasteiger partial charge in [0.25, 0.3) is 0 Å². The lowest BCUT2D eigenvalue weighted by atomic mass is 9.98. The SMILES string of the molecule is COC(=O)/C=C1\CCCN1[C@@H](C)c1cccc2ccccc12. The van der Waals surface area contributed by atoms with Crippen molar-refractivity contribution in [2.24, 2.45) is 0 Å². The summed E-state index contributed by atoms with van der Waals surface area (Å²) in [6, 6.07) is 15.1. The van der Waals surface area contributed by atoms with Crippen molar-refractivity contribution in [3.8, 4) is 0 Å². The number of methoxy groups -OCH3 is 1. The van der Waals surface area contributed by atoms with Gasteiger partial charge in [0.2, 0.25) is 0 Å². The number of fused-ring (bicyclic) bond motifs is 1. The van der Waals surface area contributed by atoms with Gasteiger partial charge in [-0.05, 0) is 36.1 Å². The molecular formula is C19H21NO2. The number of allylic oxidation sites excluding steroid dienone is 1. The highest BCUT2D eigenvalue weighted by molar-refractivity contribution is 5.86. The third kappa shape index (κ3) is 2.71. The number of hydrogen-bond acceptors (Lipinski definition) is 3. The maximum atomic E-state index is 11.6. The molecule has 2 aromatic rings. The molecule has 0 unspecified atom stereocenters. The minimum absolute atomic E-state index is 0.240. The number of nitrogens with zero attached hydrogens (tertiary/aromatic N) is 1. The second kappa shape index (κ2) is 6.22. The normalized spacial score (nSPS) is 17.9. The summed E-state index contributed by atoms with van der Waals surface area (Å²) < 4.78 is 4.77. The average molecular weight is 295 g/mol. The molecule has 0 saturated carbocycles. The van der Waals surface area contributed by atoms with E-state index in [2.05, 4.69) is 54.3 Å². The van der Waals surface area contributed by atoms with Crippen LogP contribution in [0.3, 0.4) is 0 Å². The summed E-state index contributed by atoms with van der Waals surface area (Å²) in [7, 11) is 1.42. The summed E-state index contributed by atoms with van der Waals surface area (Å²) in [5, 5.41) is 2.53. The van der Waals surface area contributed by atoms with Crippen molar-refractivity contribution in [3.63, 3.8) is 0 Å². The quantitative estimate of drug-likeness (QED) is 0.632. The molecule has 3 heteroatoms. The molecule has 114 valence electrons. The number of carbonyl (C=O) groups is 1. The van der Waals surface area contributed by atoms with E-state index in [1.807, 2.05) is 0 Å². The van der Waals surface area contributed by atoms with E-state index in [-0.39, 0.29) is 12.0 Å². The Balaban J connectivity index is 1.97. The van der Waals surface area contributed by atoms with Crippen LogP contribution in [0, 0.1) is 0 Å². The van der Waals surface area contributed by atoms with E-state index in [0.717, 1.165) is 25.1 Å². The van der Waals surface area contributed by atoms with E-state index in [1.165, 1.54) is 23.4 Å². The minimum Gasteiger partial charge on any atom is -0.466 e. The highest BCUT2D eigenvalue weighted by Crippen LogP contribution is 2.34. The Morgan fingerprint density at radius 3 is 2.82 bits per heavy atom. The lowest BCUT2D eigenvalue weighted by Gasteiger charge is -2.29. The molecule has 2 aromatic carbocycles. The first kappa shape index (κ1) is 14.6. The largest absolute Gasteiger partial charge is 0.466 e. The number of carbonyl (C=O) groups excluding carboxylic acids is 1. The molecule has 1 aliphatic rings. The third-order valence-corrected chi connectivity index (χ3v) is 4.43. The van der Waals surface area contributed by atoms with E-state index in [0.29, 0.717) is 0 Å². The van der Waals surface area contributed by atoms with Gasteiger partial charge in [0.1, 0.15) is 0 Å². The predicted molar refractivity (Wildman–Crippen MR) is 88.4 cm³/mol. The van der Waals surface area contributed by atoms with Gasteiger partial charge in [0.05, 0.1) is 13.2 Å². The van der Waals surface area contributed by atoms with Crippen LogP contribution in [0.1, 0.15) is 31.4 Å². The first-order valence-corrected chi connectivity index (χ1v) is 7.73. The van der Waals surface area contributed by atoms with Crippen molar-refractivity contribution in [2.45, 2.75) is 25.8 Å². The molecule has 0 N–H and O–H groups in total.